The van der Waals surface area contributed by atoms with Gasteiger partial charge in [-0.05, 0) is 55.0 Å². The zero-order valence-electron chi connectivity index (χ0n) is 19.6. The lowest BCUT2D eigenvalue weighted by Gasteiger charge is -2.42. The Morgan fingerprint density at radius 3 is 2.57 bits per heavy atom. The molecule has 2 amide bonds. The molecule has 1 aliphatic heterocycles. The van der Waals surface area contributed by atoms with Gasteiger partial charge in [-0.15, -0.1) is 0 Å². The maximum atomic E-state index is 13.7. The average molecular weight is 471 g/mol. The maximum Gasteiger partial charge on any atom is 0.273 e. The van der Waals surface area contributed by atoms with Crippen molar-refractivity contribution >= 4 is 11.8 Å². The Morgan fingerprint density at radius 2 is 1.89 bits per heavy atom. The van der Waals surface area contributed by atoms with Crippen molar-refractivity contribution in [2.45, 2.75) is 32.1 Å². The molecule has 8 heteroatoms. The second-order valence-corrected chi connectivity index (χ2v) is 8.71. The van der Waals surface area contributed by atoms with Crippen LogP contribution in [0.25, 0.3) is 11.3 Å². The number of ether oxygens (including phenoxy) is 1. The molecule has 0 bridgehead atoms. The number of rotatable bonds is 7. The first-order valence-electron chi connectivity index (χ1n) is 11.4. The molecule has 0 aliphatic carbocycles. The largest absolute Gasteiger partial charge is 0.497 e. The molecule has 1 aliphatic rings. The molecule has 1 N–H and O–H groups in total. The number of hydrogen-bond donors (Lipinski definition) is 1. The highest BCUT2D eigenvalue weighted by Crippen LogP contribution is 2.32. The molecule has 4 aromatic rings. The van der Waals surface area contributed by atoms with Crippen molar-refractivity contribution < 1.29 is 18.7 Å². The lowest BCUT2D eigenvalue weighted by molar-refractivity contribution is -0.133. The van der Waals surface area contributed by atoms with Crippen molar-refractivity contribution in [3.05, 3.63) is 96.1 Å². The molecule has 0 saturated carbocycles. The number of fused-ring (bicyclic) bond motifs is 1. The van der Waals surface area contributed by atoms with Crippen molar-refractivity contribution in [2.75, 3.05) is 7.11 Å². The summed E-state index contributed by atoms with van der Waals surface area (Å²) in [5, 5.41) is 7.68. The van der Waals surface area contributed by atoms with E-state index in [1.165, 1.54) is 0 Å². The van der Waals surface area contributed by atoms with Crippen LogP contribution >= 0.6 is 0 Å². The molecule has 0 fully saturated rings. The summed E-state index contributed by atoms with van der Waals surface area (Å²) in [4.78, 5) is 28.8. The van der Waals surface area contributed by atoms with Crippen LogP contribution in [-0.4, -0.2) is 39.1 Å². The third-order valence-corrected chi connectivity index (χ3v) is 6.36. The SMILES string of the molecule is COc1ccc(-c2cc3n(n2)CC(C)(C(=O)NCc2ccccc2)N(Cc2ccco2)C3=O)cc1. The van der Waals surface area contributed by atoms with Crippen LogP contribution in [0.2, 0.25) is 0 Å². The Morgan fingerprint density at radius 1 is 1.11 bits per heavy atom. The number of hydrogen-bond acceptors (Lipinski definition) is 5. The quantitative estimate of drug-likeness (QED) is 0.443. The van der Waals surface area contributed by atoms with Crippen LogP contribution in [0.3, 0.4) is 0 Å². The fourth-order valence-electron chi connectivity index (χ4n) is 4.32. The van der Waals surface area contributed by atoms with Gasteiger partial charge in [0.05, 0.1) is 32.2 Å². The Balaban J connectivity index is 1.47. The summed E-state index contributed by atoms with van der Waals surface area (Å²) in [5.41, 5.74) is 1.74. The molecule has 35 heavy (non-hydrogen) atoms. The molecular weight excluding hydrogens is 444 g/mol. The highest BCUT2D eigenvalue weighted by molar-refractivity contribution is 6.00. The van der Waals surface area contributed by atoms with Gasteiger partial charge in [0.15, 0.2) is 0 Å². The van der Waals surface area contributed by atoms with E-state index in [0.717, 1.165) is 16.9 Å². The fraction of sp³-hybridized carbons (Fsp3) is 0.222. The molecule has 3 heterocycles. The van der Waals surface area contributed by atoms with Gasteiger partial charge in [-0.3, -0.25) is 14.3 Å². The van der Waals surface area contributed by atoms with Gasteiger partial charge >= 0.3 is 0 Å². The monoisotopic (exact) mass is 470 g/mol. The summed E-state index contributed by atoms with van der Waals surface area (Å²) in [5.74, 6) is 0.801. The summed E-state index contributed by atoms with van der Waals surface area (Å²) in [6, 6.07) is 22.5. The number of amides is 2. The molecule has 0 saturated heterocycles. The van der Waals surface area contributed by atoms with E-state index in [2.05, 4.69) is 10.4 Å². The number of aromatic nitrogens is 2. The van der Waals surface area contributed by atoms with Crippen LogP contribution in [-0.2, 0) is 24.4 Å². The Kier molecular flexibility index (Phi) is 5.86. The van der Waals surface area contributed by atoms with Gasteiger partial charge in [0.2, 0.25) is 5.91 Å². The summed E-state index contributed by atoms with van der Waals surface area (Å²) in [6.07, 6.45) is 1.56. The van der Waals surface area contributed by atoms with Gasteiger partial charge in [0, 0.05) is 12.1 Å². The van der Waals surface area contributed by atoms with Crippen LogP contribution in [0.4, 0.5) is 0 Å². The summed E-state index contributed by atoms with van der Waals surface area (Å²) in [6.45, 7) is 2.52. The molecule has 1 unspecified atom stereocenters. The zero-order chi connectivity index (χ0) is 24.4. The average Bonchev–Trinajstić information content (AvgIpc) is 3.56. The highest BCUT2D eigenvalue weighted by Gasteiger charge is 2.48. The molecular formula is C27H26N4O4. The smallest absolute Gasteiger partial charge is 0.273 e. The number of benzene rings is 2. The van der Waals surface area contributed by atoms with Crippen LogP contribution in [0, 0.1) is 0 Å². The molecule has 5 rings (SSSR count). The predicted molar refractivity (Wildman–Crippen MR) is 129 cm³/mol. The van der Waals surface area contributed by atoms with E-state index in [-0.39, 0.29) is 24.9 Å². The van der Waals surface area contributed by atoms with E-state index < -0.39 is 5.54 Å². The number of furan rings is 1. The first-order valence-corrected chi connectivity index (χ1v) is 11.4. The van der Waals surface area contributed by atoms with Gasteiger partial charge in [-0.1, -0.05) is 30.3 Å². The lowest BCUT2D eigenvalue weighted by atomic mass is 9.94. The van der Waals surface area contributed by atoms with Crippen molar-refractivity contribution in [3.8, 4) is 17.0 Å². The van der Waals surface area contributed by atoms with Crippen LogP contribution in [0.5, 0.6) is 5.75 Å². The molecule has 8 nitrogen and oxygen atoms in total. The lowest BCUT2D eigenvalue weighted by Crippen LogP contribution is -2.63. The van der Waals surface area contributed by atoms with Gasteiger partial charge in [0.1, 0.15) is 22.7 Å². The summed E-state index contributed by atoms with van der Waals surface area (Å²) >= 11 is 0. The maximum absolute atomic E-state index is 13.7. The van der Waals surface area contributed by atoms with E-state index in [1.54, 1.807) is 48.1 Å². The van der Waals surface area contributed by atoms with E-state index in [4.69, 9.17) is 9.15 Å². The van der Waals surface area contributed by atoms with E-state index in [9.17, 15) is 9.59 Å². The van der Waals surface area contributed by atoms with Crippen molar-refractivity contribution in [1.29, 1.82) is 0 Å². The molecule has 1 atom stereocenters. The summed E-state index contributed by atoms with van der Waals surface area (Å²) < 4.78 is 12.4. The predicted octanol–water partition coefficient (Wildman–Crippen LogP) is 3.88. The van der Waals surface area contributed by atoms with Gasteiger partial charge in [-0.2, -0.15) is 5.10 Å². The minimum absolute atomic E-state index is 0.171. The minimum atomic E-state index is -1.17. The van der Waals surface area contributed by atoms with Crippen LogP contribution in [0.15, 0.2) is 83.5 Å². The topological polar surface area (TPSA) is 89.6 Å². The number of carbonyl (C=O) groups is 2. The van der Waals surface area contributed by atoms with E-state index >= 15 is 0 Å². The number of nitrogens with zero attached hydrogens (tertiary/aromatic N) is 3. The fourth-order valence-corrected chi connectivity index (χ4v) is 4.32. The highest BCUT2D eigenvalue weighted by atomic mass is 16.5. The third kappa shape index (κ3) is 4.30. The van der Waals surface area contributed by atoms with Gasteiger partial charge < -0.3 is 19.4 Å². The second-order valence-electron chi connectivity index (χ2n) is 8.71. The second kappa shape index (κ2) is 9.13. The summed E-state index contributed by atoms with van der Waals surface area (Å²) in [7, 11) is 1.61. The molecule has 178 valence electrons. The molecule has 0 spiro atoms. The molecule has 2 aromatic carbocycles. The van der Waals surface area contributed by atoms with Crippen LogP contribution in [0.1, 0.15) is 28.7 Å². The number of methoxy groups -OCH3 is 1. The first kappa shape index (κ1) is 22.5. The number of nitrogens with one attached hydrogen (secondary N) is 1. The van der Waals surface area contributed by atoms with Gasteiger partial charge in [0.25, 0.3) is 5.91 Å². The standard InChI is InChI=1S/C27H26N4O4/c1-27(26(33)28-16-19-7-4-3-5-8-19)18-31-24(25(32)30(27)17-22-9-6-14-35-22)15-23(29-31)20-10-12-21(34-2)13-11-20/h3-15H,16-18H2,1-2H3,(H,28,33). The number of carbonyl (C=O) groups excluding carboxylic acids is 2. The normalized spacial score (nSPS) is 17.2. The Labute approximate surface area is 203 Å². The van der Waals surface area contributed by atoms with Gasteiger partial charge in [-0.25, -0.2) is 0 Å². The van der Waals surface area contributed by atoms with E-state index in [1.807, 2.05) is 54.6 Å². The van der Waals surface area contributed by atoms with Crippen molar-refractivity contribution in [2.24, 2.45) is 0 Å². The minimum Gasteiger partial charge on any atom is -0.497 e. The molecule has 0 radical (unpaired) electrons. The first-order chi connectivity index (χ1) is 17.0. The van der Waals surface area contributed by atoms with Crippen molar-refractivity contribution in [1.82, 2.24) is 20.0 Å². The third-order valence-electron chi connectivity index (χ3n) is 6.36. The van der Waals surface area contributed by atoms with E-state index in [0.29, 0.717) is 23.7 Å². The molecule has 2 aromatic heterocycles. The Bertz CT molecular complexity index is 1330. The van der Waals surface area contributed by atoms with Crippen LogP contribution < -0.4 is 10.1 Å². The Hall–Kier alpha value is -4.33. The zero-order valence-corrected chi connectivity index (χ0v) is 19.6. The van der Waals surface area contributed by atoms with Crippen molar-refractivity contribution in [3.63, 3.8) is 0 Å².